The fraction of sp³-hybridized carbons (Fsp3) is 0.400. The number of benzene rings is 1. The van der Waals surface area contributed by atoms with Crippen molar-refractivity contribution in [3.05, 3.63) is 54.0 Å². The minimum Gasteiger partial charge on any atom is -0.439 e. The van der Waals surface area contributed by atoms with E-state index in [1.807, 2.05) is 13.1 Å². The molecule has 0 saturated carbocycles. The lowest BCUT2D eigenvalue weighted by molar-refractivity contribution is 0.181. The highest BCUT2D eigenvalue weighted by Crippen LogP contribution is 2.20. The third kappa shape index (κ3) is 6.59. The summed E-state index contributed by atoms with van der Waals surface area (Å²) in [5.41, 5.74) is 1.00. The van der Waals surface area contributed by atoms with Gasteiger partial charge in [0.25, 0.3) is 0 Å². The van der Waals surface area contributed by atoms with E-state index >= 15 is 0 Å². The average molecular weight is 500 g/mol. The molecule has 2 heterocycles. The second-order valence-corrected chi connectivity index (χ2v) is 6.58. The summed E-state index contributed by atoms with van der Waals surface area (Å²) >= 11 is 0. The Morgan fingerprint density at radius 3 is 2.89 bits per heavy atom. The molecular weight excluding hydrogens is 474 g/mol. The normalized spacial score (nSPS) is 16.4. The van der Waals surface area contributed by atoms with Crippen molar-refractivity contribution in [3.63, 3.8) is 0 Å². The van der Waals surface area contributed by atoms with Crippen molar-refractivity contribution < 1.29 is 13.9 Å². The molecule has 2 aromatic rings. The van der Waals surface area contributed by atoms with Crippen molar-refractivity contribution in [2.45, 2.75) is 13.0 Å². The summed E-state index contributed by atoms with van der Waals surface area (Å²) in [6.45, 7) is 3.18. The van der Waals surface area contributed by atoms with E-state index in [9.17, 15) is 4.39 Å². The van der Waals surface area contributed by atoms with Gasteiger partial charge in [-0.1, -0.05) is 12.1 Å². The number of ether oxygens (including phenoxy) is 2. The summed E-state index contributed by atoms with van der Waals surface area (Å²) in [5, 5.41) is 3.34. The molecule has 1 atom stereocenters. The number of rotatable bonds is 6. The zero-order chi connectivity index (χ0) is 19.1. The quantitative estimate of drug-likeness (QED) is 0.373. The number of hydrogen-bond donors (Lipinski definition) is 1. The Hall–Kier alpha value is -1.94. The standard InChI is InChI=1S/C20H25FN4O2.HI/c1-22-20(25(2)13-16-8-9-26-14-16)24-12-15-6-7-19(23-11-15)27-18-5-3-4-17(21)10-18;/h3-7,10-11,16H,8-9,12-14H2,1-2H3,(H,22,24);1H. The maximum absolute atomic E-state index is 13.2. The van der Waals surface area contributed by atoms with E-state index in [1.165, 1.54) is 12.1 Å². The highest BCUT2D eigenvalue weighted by atomic mass is 127. The van der Waals surface area contributed by atoms with E-state index in [0.717, 1.165) is 37.7 Å². The molecule has 0 amide bonds. The molecule has 0 aliphatic carbocycles. The zero-order valence-corrected chi connectivity index (χ0v) is 18.4. The van der Waals surface area contributed by atoms with Crippen LogP contribution in [0.2, 0.25) is 0 Å². The number of guanidine groups is 1. The van der Waals surface area contributed by atoms with Crippen LogP contribution in [-0.4, -0.2) is 49.7 Å². The SMILES string of the molecule is CN=C(NCc1ccc(Oc2cccc(F)c2)nc1)N(C)CC1CCOC1.I. The van der Waals surface area contributed by atoms with Crippen LogP contribution in [0.25, 0.3) is 0 Å². The van der Waals surface area contributed by atoms with Gasteiger partial charge in [-0.05, 0) is 24.1 Å². The molecule has 0 radical (unpaired) electrons. The fourth-order valence-electron chi connectivity index (χ4n) is 2.99. The second kappa shape index (κ2) is 11.2. The fourth-order valence-corrected chi connectivity index (χ4v) is 2.99. The highest BCUT2D eigenvalue weighted by molar-refractivity contribution is 14.0. The molecule has 8 heteroatoms. The summed E-state index contributed by atoms with van der Waals surface area (Å²) < 4.78 is 24.2. The Balaban J connectivity index is 0.00000280. The highest BCUT2D eigenvalue weighted by Gasteiger charge is 2.19. The number of aromatic nitrogens is 1. The number of pyridine rings is 1. The van der Waals surface area contributed by atoms with Crippen molar-refractivity contribution in [2.24, 2.45) is 10.9 Å². The molecular formula is C20H26FIN4O2. The first-order valence-corrected chi connectivity index (χ1v) is 9.02. The van der Waals surface area contributed by atoms with Gasteiger partial charge in [0.2, 0.25) is 5.88 Å². The first-order valence-electron chi connectivity index (χ1n) is 9.02. The van der Waals surface area contributed by atoms with Crippen LogP contribution in [0.5, 0.6) is 11.6 Å². The van der Waals surface area contributed by atoms with Crippen LogP contribution in [0.3, 0.4) is 0 Å². The van der Waals surface area contributed by atoms with Crippen molar-refractivity contribution >= 4 is 29.9 Å². The van der Waals surface area contributed by atoms with Crippen LogP contribution >= 0.6 is 24.0 Å². The van der Waals surface area contributed by atoms with Gasteiger partial charge in [0.05, 0.1) is 6.61 Å². The third-order valence-corrected chi connectivity index (χ3v) is 4.40. The van der Waals surface area contributed by atoms with Crippen LogP contribution < -0.4 is 10.1 Å². The van der Waals surface area contributed by atoms with Crippen LogP contribution in [0, 0.1) is 11.7 Å². The predicted octanol–water partition coefficient (Wildman–Crippen LogP) is 3.67. The summed E-state index contributed by atoms with van der Waals surface area (Å²) in [6, 6.07) is 9.68. The molecule has 1 aliphatic heterocycles. The summed E-state index contributed by atoms with van der Waals surface area (Å²) in [6.07, 6.45) is 2.83. The molecule has 152 valence electrons. The van der Waals surface area contributed by atoms with Crippen molar-refractivity contribution in [1.82, 2.24) is 15.2 Å². The summed E-state index contributed by atoms with van der Waals surface area (Å²) in [5.74, 6) is 1.89. The van der Waals surface area contributed by atoms with Crippen molar-refractivity contribution in [3.8, 4) is 11.6 Å². The molecule has 1 saturated heterocycles. The largest absolute Gasteiger partial charge is 0.439 e. The van der Waals surface area contributed by atoms with Gasteiger partial charge in [-0.2, -0.15) is 0 Å². The Bertz CT molecular complexity index is 767. The van der Waals surface area contributed by atoms with E-state index in [-0.39, 0.29) is 29.8 Å². The van der Waals surface area contributed by atoms with Crippen LogP contribution in [0.1, 0.15) is 12.0 Å². The summed E-state index contributed by atoms with van der Waals surface area (Å²) in [7, 11) is 3.81. The number of nitrogens with one attached hydrogen (secondary N) is 1. The maximum atomic E-state index is 13.2. The number of nitrogens with zero attached hydrogens (tertiary/aromatic N) is 3. The Kier molecular flexibility index (Phi) is 8.91. The molecule has 0 bridgehead atoms. The molecule has 6 nitrogen and oxygen atoms in total. The summed E-state index contributed by atoms with van der Waals surface area (Å²) in [4.78, 5) is 10.7. The molecule has 1 aromatic carbocycles. The third-order valence-electron chi connectivity index (χ3n) is 4.40. The van der Waals surface area contributed by atoms with Gasteiger partial charge in [0.1, 0.15) is 11.6 Å². The van der Waals surface area contributed by atoms with Gasteiger partial charge in [-0.15, -0.1) is 24.0 Å². The molecule has 1 fully saturated rings. The maximum Gasteiger partial charge on any atom is 0.219 e. The number of hydrogen-bond acceptors (Lipinski definition) is 4. The topological polar surface area (TPSA) is 59.0 Å². The molecule has 0 spiro atoms. The Morgan fingerprint density at radius 1 is 1.39 bits per heavy atom. The minimum atomic E-state index is -0.340. The van der Waals surface area contributed by atoms with Gasteiger partial charge in [0, 0.05) is 58.0 Å². The van der Waals surface area contributed by atoms with E-state index < -0.39 is 0 Å². The van der Waals surface area contributed by atoms with Crippen LogP contribution in [0.15, 0.2) is 47.6 Å². The van der Waals surface area contributed by atoms with E-state index in [0.29, 0.717) is 24.1 Å². The van der Waals surface area contributed by atoms with Gasteiger partial charge in [-0.25, -0.2) is 9.37 Å². The lowest BCUT2D eigenvalue weighted by Crippen LogP contribution is -2.41. The molecule has 28 heavy (non-hydrogen) atoms. The molecule has 1 aromatic heterocycles. The van der Waals surface area contributed by atoms with Gasteiger partial charge >= 0.3 is 0 Å². The molecule has 3 rings (SSSR count). The van der Waals surface area contributed by atoms with Gasteiger partial charge in [0.15, 0.2) is 5.96 Å². The van der Waals surface area contributed by atoms with Crippen molar-refractivity contribution in [2.75, 3.05) is 33.9 Å². The smallest absolute Gasteiger partial charge is 0.219 e. The van der Waals surface area contributed by atoms with Crippen LogP contribution in [0.4, 0.5) is 4.39 Å². The van der Waals surface area contributed by atoms with E-state index in [1.54, 1.807) is 31.4 Å². The van der Waals surface area contributed by atoms with E-state index in [2.05, 4.69) is 20.2 Å². The van der Waals surface area contributed by atoms with Crippen molar-refractivity contribution in [1.29, 1.82) is 0 Å². The lowest BCUT2D eigenvalue weighted by Gasteiger charge is -2.24. The minimum absolute atomic E-state index is 0. The Morgan fingerprint density at radius 2 is 2.25 bits per heavy atom. The van der Waals surface area contributed by atoms with Gasteiger partial charge < -0.3 is 19.7 Å². The zero-order valence-electron chi connectivity index (χ0n) is 16.1. The first kappa shape index (κ1) is 22.4. The lowest BCUT2D eigenvalue weighted by atomic mass is 10.1. The average Bonchev–Trinajstić information content (AvgIpc) is 3.16. The Labute approximate surface area is 182 Å². The number of halogens is 2. The molecule has 1 N–H and O–H groups in total. The first-order chi connectivity index (χ1) is 13.1. The van der Waals surface area contributed by atoms with Crippen LogP contribution in [-0.2, 0) is 11.3 Å². The molecule has 1 aliphatic rings. The van der Waals surface area contributed by atoms with E-state index in [4.69, 9.17) is 9.47 Å². The second-order valence-electron chi connectivity index (χ2n) is 6.58. The monoisotopic (exact) mass is 500 g/mol. The predicted molar refractivity (Wildman–Crippen MR) is 118 cm³/mol. The molecule has 1 unspecified atom stereocenters. The number of aliphatic imine (C=N–C) groups is 1. The van der Waals surface area contributed by atoms with Gasteiger partial charge in [-0.3, -0.25) is 4.99 Å².